The third kappa shape index (κ3) is 4.37. The minimum absolute atomic E-state index is 0.0534. The average Bonchev–Trinajstić information content (AvgIpc) is 3.62. The van der Waals surface area contributed by atoms with E-state index in [-0.39, 0.29) is 11.9 Å². The molecule has 0 radical (unpaired) electrons. The summed E-state index contributed by atoms with van der Waals surface area (Å²) < 4.78 is 7.37. The van der Waals surface area contributed by atoms with Crippen LogP contribution in [-0.2, 0) is 0 Å². The van der Waals surface area contributed by atoms with E-state index >= 15 is 0 Å². The number of amides is 1. The minimum atomic E-state index is -0.0577. The van der Waals surface area contributed by atoms with Crippen molar-refractivity contribution in [3.63, 3.8) is 0 Å². The molecule has 1 aliphatic carbocycles. The highest BCUT2D eigenvalue weighted by Gasteiger charge is 2.34. The molecule has 9 heteroatoms. The van der Waals surface area contributed by atoms with E-state index in [1.54, 1.807) is 18.4 Å². The molecule has 1 saturated heterocycles. The van der Waals surface area contributed by atoms with Gasteiger partial charge >= 0.3 is 0 Å². The Kier molecular flexibility index (Phi) is 6.13. The topological polar surface area (TPSA) is 83.5 Å². The van der Waals surface area contributed by atoms with E-state index in [4.69, 9.17) is 4.42 Å². The van der Waals surface area contributed by atoms with Crippen LogP contribution in [0.5, 0.6) is 0 Å². The number of nitrogens with zero attached hydrogens (tertiary/aromatic N) is 7. The summed E-state index contributed by atoms with van der Waals surface area (Å²) in [5, 5.41) is 13.0. The number of aromatic nitrogens is 4. The van der Waals surface area contributed by atoms with Crippen LogP contribution < -0.4 is 4.90 Å². The van der Waals surface area contributed by atoms with Crippen molar-refractivity contribution >= 4 is 11.6 Å². The Labute approximate surface area is 193 Å². The Morgan fingerprint density at radius 2 is 1.79 bits per heavy atom. The van der Waals surface area contributed by atoms with E-state index in [0.29, 0.717) is 24.9 Å². The van der Waals surface area contributed by atoms with Crippen molar-refractivity contribution in [2.75, 3.05) is 45.2 Å². The lowest BCUT2D eigenvalue weighted by atomic mass is 10.0. The van der Waals surface area contributed by atoms with Gasteiger partial charge in [0, 0.05) is 46.0 Å². The van der Waals surface area contributed by atoms with Crippen LogP contribution in [-0.4, -0.2) is 76.2 Å². The van der Waals surface area contributed by atoms with Crippen LogP contribution >= 0.6 is 0 Å². The minimum Gasteiger partial charge on any atom is -0.459 e. The van der Waals surface area contributed by atoms with E-state index in [1.165, 1.54) is 18.4 Å². The molecule has 2 fully saturated rings. The van der Waals surface area contributed by atoms with Gasteiger partial charge in [-0.2, -0.15) is 0 Å². The van der Waals surface area contributed by atoms with Crippen molar-refractivity contribution in [2.45, 2.75) is 37.8 Å². The van der Waals surface area contributed by atoms with Crippen molar-refractivity contribution in [3.8, 4) is 0 Å². The van der Waals surface area contributed by atoms with Gasteiger partial charge in [0.2, 0.25) is 0 Å². The molecule has 2 aromatic heterocycles. The monoisotopic (exact) mass is 449 g/mol. The molecule has 0 bridgehead atoms. The summed E-state index contributed by atoms with van der Waals surface area (Å²) in [5.74, 6) is 1.23. The Morgan fingerprint density at radius 3 is 2.42 bits per heavy atom. The molecule has 3 heterocycles. The molecule has 1 unspecified atom stereocenters. The molecule has 1 amide bonds. The van der Waals surface area contributed by atoms with Crippen molar-refractivity contribution in [2.24, 2.45) is 0 Å². The Balaban J connectivity index is 1.41. The zero-order chi connectivity index (χ0) is 22.8. The van der Waals surface area contributed by atoms with Crippen molar-refractivity contribution in [1.82, 2.24) is 30.0 Å². The van der Waals surface area contributed by atoms with Gasteiger partial charge in [0.05, 0.1) is 18.3 Å². The normalized spacial score (nSPS) is 18.5. The Morgan fingerprint density at radius 1 is 1.06 bits per heavy atom. The summed E-state index contributed by atoms with van der Waals surface area (Å²) in [7, 11) is 4.09. The van der Waals surface area contributed by atoms with E-state index in [0.717, 1.165) is 37.4 Å². The zero-order valence-corrected chi connectivity index (χ0v) is 19.3. The summed E-state index contributed by atoms with van der Waals surface area (Å²) in [5.41, 5.74) is 2.32. The SMILES string of the molecule is CN(C)c1ccc(C(c2nnnn2C2CCCC2)N2CCN(C(=O)c3ccco3)CC2)cc1. The van der Waals surface area contributed by atoms with Crippen molar-refractivity contribution in [3.05, 3.63) is 59.8 Å². The largest absolute Gasteiger partial charge is 0.459 e. The van der Waals surface area contributed by atoms with Crippen molar-refractivity contribution < 1.29 is 9.21 Å². The van der Waals surface area contributed by atoms with Crippen LogP contribution in [0.2, 0.25) is 0 Å². The molecule has 5 rings (SSSR count). The van der Waals surface area contributed by atoms with Crippen LogP contribution in [0, 0.1) is 0 Å². The predicted molar refractivity (Wildman–Crippen MR) is 124 cm³/mol. The highest BCUT2D eigenvalue weighted by atomic mass is 16.3. The molecule has 0 spiro atoms. The van der Waals surface area contributed by atoms with Gasteiger partial charge in [0.1, 0.15) is 0 Å². The maximum absolute atomic E-state index is 12.7. The standard InChI is InChI=1S/C24H31N7O2/c1-28(2)19-11-9-18(10-12-19)22(23-25-26-27-31(23)20-6-3-4-7-20)29-13-15-30(16-14-29)24(32)21-8-5-17-33-21/h5,8-12,17,20,22H,3-4,6-7,13-16H2,1-2H3. The number of anilines is 1. The molecule has 1 saturated carbocycles. The second kappa shape index (κ2) is 9.35. The first-order valence-electron chi connectivity index (χ1n) is 11.7. The van der Waals surface area contributed by atoms with E-state index in [9.17, 15) is 4.79 Å². The molecule has 2 aliphatic rings. The fourth-order valence-electron chi connectivity index (χ4n) is 5.01. The first-order chi connectivity index (χ1) is 16.1. The third-order valence-corrected chi connectivity index (χ3v) is 6.86. The molecule has 9 nitrogen and oxygen atoms in total. The first-order valence-corrected chi connectivity index (χ1v) is 11.7. The quantitative estimate of drug-likeness (QED) is 0.572. The number of tetrazole rings is 1. The molecular weight excluding hydrogens is 418 g/mol. The summed E-state index contributed by atoms with van der Waals surface area (Å²) >= 11 is 0. The van der Waals surface area contributed by atoms with Crippen LogP contribution in [0.15, 0.2) is 47.1 Å². The number of rotatable bonds is 6. The first kappa shape index (κ1) is 21.6. The number of hydrogen-bond acceptors (Lipinski definition) is 7. The molecule has 3 aromatic rings. The molecule has 174 valence electrons. The predicted octanol–water partition coefficient (Wildman–Crippen LogP) is 2.99. The van der Waals surface area contributed by atoms with Crippen LogP contribution in [0.25, 0.3) is 0 Å². The fourth-order valence-corrected chi connectivity index (χ4v) is 5.01. The second-order valence-corrected chi connectivity index (χ2v) is 9.11. The van der Waals surface area contributed by atoms with Crippen LogP contribution in [0.1, 0.15) is 59.7 Å². The van der Waals surface area contributed by atoms with Gasteiger partial charge in [-0.1, -0.05) is 25.0 Å². The second-order valence-electron chi connectivity index (χ2n) is 9.11. The number of furan rings is 1. The van der Waals surface area contributed by atoms with E-state index in [2.05, 4.69) is 54.3 Å². The summed E-state index contributed by atoms with van der Waals surface area (Å²) in [6.45, 7) is 2.75. The number of carbonyl (C=O) groups excluding carboxylic acids is 1. The van der Waals surface area contributed by atoms with Crippen molar-refractivity contribution in [1.29, 1.82) is 0 Å². The highest BCUT2D eigenvalue weighted by Crippen LogP contribution is 2.35. The highest BCUT2D eigenvalue weighted by molar-refractivity contribution is 5.91. The van der Waals surface area contributed by atoms with Gasteiger partial charge in [-0.3, -0.25) is 9.69 Å². The lowest BCUT2D eigenvalue weighted by Crippen LogP contribution is -2.50. The van der Waals surface area contributed by atoms with Crippen LogP contribution in [0.3, 0.4) is 0 Å². The maximum Gasteiger partial charge on any atom is 0.289 e. The summed E-state index contributed by atoms with van der Waals surface area (Å²) in [6.07, 6.45) is 6.23. The van der Waals surface area contributed by atoms with Gasteiger partial charge in [0.25, 0.3) is 5.91 Å². The number of hydrogen-bond donors (Lipinski definition) is 0. The van der Waals surface area contributed by atoms with Crippen LogP contribution in [0.4, 0.5) is 5.69 Å². The molecule has 1 aliphatic heterocycles. The van der Waals surface area contributed by atoms with Gasteiger partial charge in [-0.25, -0.2) is 4.68 Å². The fraction of sp³-hybridized carbons (Fsp3) is 0.500. The number of carbonyl (C=O) groups is 1. The number of piperazine rings is 1. The Hall–Kier alpha value is -3.20. The third-order valence-electron chi connectivity index (χ3n) is 6.86. The molecule has 1 atom stereocenters. The van der Waals surface area contributed by atoms with E-state index < -0.39 is 0 Å². The summed E-state index contributed by atoms with van der Waals surface area (Å²) in [4.78, 5) is 19.1. The molecular formula is C24H31N7O2. The number of benzene rings is 1. The summed E-state index contributed by atoms with van der Waals surface area (Å²) in [6, 6.07) is 12.4. The smallest absolute Gasteiger partial charge is 0.289 e. The van der Waals surface area contributed by atoms with E-state index in [1.807, 2.05) is 19.0 Å². The maximum atomic E-state index is 12.7. The molecule has 1 aromatic carbocycles. The van der Waals surface area contributed by atoms with Gasteiger partial charge in [-0.05, 0) is 53.1 Å². The average molecular weight is 450 g/mol. The van der Waals surface area contributed by atoms with Gasteiger partial charge in [-0.15, -0.1) is 5.10 Å². The van der Waals surface area contributed by atoms with Gasteiger partial charge in [0.15, 0.2) is 11.6 Å². The lowest BCUT2D eigenvalue weighted by Gasteiger charge is -2.39. The Bertz CT molecular complexity index is 1050. The zero-order valence-electron chi connectivity index (χ0n) is 19.3. The van der Waals surface area contributed by atoms with Gasteiger partial charge < -0.3 is 14.2 Å². The molecule has 33 heavy (non-hydrogen) atoms. The lowest BCUT2D eigenvalue weighted by molar-refractivity contribution is 0.0558. The molecule has 0 N–H and O–H groups in total.